The van der Waals surface area contributed by atoms with Crippen molar-refractivity contribution < 1.29 is 14.1 Å². The van der Waals surface area contributed by atoms with Crippen LogP contribution in [0.25, 0.3) is 11.1 Å². The molecule has 1 saturated heterocycles. The molecule has 146 valence electrons. The Hall–Kier alpha value is -2.48. The number of piperidine rings is 1. The van der Waals surface area contributed by atoms with E-state index in [-0.39, 0.29) is 23.7 Å². The van der Waals surface area contributed by atoms with Crippen molar-refractivity contribution in [3.63, 3.8) is 0 Å². The van der Waals surface area contributed by atoms with Crippen LogP contribution in [-0.2, 0) is 4.79 Å². The molecule has 0 radical (unpaired) electrons. The molecule has 1 aliphatic rings. The number of rotatable bonds is 5. The van der Waals surface area contributed by atoms with E-state index in [2.05, 4.69) is 15.5 Å². The molecule has 0 saturated carbocycles. The fourth-order valence-corrected chi connectivity index (χ4v) is 3.46. The number of aryl methyl sites for hydroxylation is 1. The largest absolute Gasteiger partial charge is 0.355 e. The van der Waals surface area contributed by atoms with Gasteiger partial charge in [-0.3, -0.25) is 9.59 Å². The maximum Gasteiger partial charge on any atom is 0.259 e. The van der Waals surface area contributed by atoms with E-state index in [1.54, 1.807) is 11.8 Å². The minimum Gasteiger partial charge on any atom is -0.355 e. The van der Waals surface area contributed by atoms with Crippen molar-refractivity contribution in [1.82, 2.24) is 20.4 Å². The lowest BCUT2D eigenvalue weighted by Gasteiger charge is -2.32. The van der Waals surface area contributed by atoms with Gasteiger partial charge in [-0.15, -0.1) is 0 Å². The monoisotopic (exact) mass is 373 g/mol. The van der Waals surface area contributed by atoms with Crippen molar-refractivity contribution in [1.29, 1.82) is 0 Å². The van der Waals surface area contributed by atoms with Crippen LogP contribution in [-0.4, -0.2) is 53.0 Å². The summed E-state index contributed by atoms with van der Waals surface area (Å²) < 4.78 is 5.31. The Labute approximate surface area is 158 Å². The molecule has 8 nitrogen and oxygen atoms in total. The lowest BCUT2D eigenvalue weighted by Crippen LogP contribution is -2.46. The van der Waals surface area contributed by atoms with Gasteiger partial charge in [0.15, 0.2) is 0 Å². The Morgan fingerprint density at radius 3 is 2.93 bits per heavy atom. The number of nitrogens with zero attached hydrogens (tertiary/aromatic N) is 3. The standard InChI is InChI=1S/C19H27N5O3/c1-11(2)15-9-14(16-12(3)23-27-18(16)22-15)19(26)24-8-4-5-13(10-24)17(25)21-7-6-20/h9,11,13H,4-8,10,20H2,1-3H3,(H,21,25). The predicted octanol–water partition coefficient (Wildman–Crippen LogP) is 1.58. The predicted molar refractivity (Wildman–Crippen MR) is 101 cm³/mol. The molecule has 3 heterocycles. The van der Waals surface area contributed by atoms with Gasteiger partial charge in [0, 0.05) is 31.9 Å². The lowest BCUT2D eigenvalue weighted by molar-refractivity contribution is -0.126. The van der Waals surface area contributed by atoms with Gasteiger partial charge in [0.2, 0.25) is 5.91 Å². The Morgan fingerprint density at radius 1 is 1.44 bits per heavy atom. The summed E-state index contributed by atoms with van der Waals surface area (Å²) in [7, 11) is 0. The van der Waals surface area contributed by atoms with Crippen LogP contribution in [0.1, 0.15) is 54.4 Å². The number of likely N-dealkylation sites (tertiary alicyclic amines) is 1. The van der Waals surface area contributed by atoms with Gasteiger partial charge in [-0.05, 0) is 31.7 Å². The summed E-state index contributed by atoms with van der Waals surface area (Å²) in [5, 5.41) is 7.45. The summed E-state index contributed by atoms with van der Waals surface area (Å²) in [6.45, 7) is 7.73. The third-order valence-electron chi connectivity index (χ3n) is 4.98. The van der Waals surface area contributed by atoms with E-state index in [1.807, 2.05) is 19.9 Å². The number of fused-ring (bicyclic) bond motifs is 1. The van der Waals surface area contributed by atoms with Gasteiger partial charge in [-0.2, -0.15) is 0 Å². The van der Waals surface area contributed by atoms with E-state index in [0.29, 0.717) is 48.5 Å². The number of aromatic nitrogens is 2. The molecule has 0 aliphatic carbocycles. The number of hydrogen-bond acceptors (Lipinski definition) is 6. The van der Waals surface area contributed by atoms with Gasteiger partial charge in [-0.1, -0.05) is 19.0 Å². The molecule has 1 fully saturated rings. The zero-order valence-corrected chi connectivity index (χ0v) is 16.1. The first kappa shape index (κ1) is 19.3. The van der Waals surface area contributed by atoms with Crippen LogP contribution in [0.4, 0.5) is 0 Å². The lowest BCUT2D eigenvalue weighted by atomic mass is 9.95. The summed E-state index contributed by atoms with van der Waals surface area (Å²) >= 11 is 0. The number of nitrogens with one attached hydrogen (secondary N) is 1. The Kier molecular flexibility index (Phi) is 5.74. The molecule has 27 heavy (non-hydrogen) atoms. The number of carbonyl (C=O) groups excluding carboxylic acids is 2. The van der Waals surface area contributed by atoms with Crippen molar-refractivity contribution in [2.24, 2.45) is 11.7 Å². The molecule has 3 N–H and O–H groups in total. The van der Waals surface area contributed by atoms with Crippen LogP contribution in [0.5, 0.6) is 0 Å². The molecule has 2 aromatic rings. The summed E-state index contributed by atoms with van der Waals surface area (Å²) in [6.07, 6.45) is 1.57. The Morgan fingerprint density at radius 2 is 2.22 bits per heavy atom. The van der Waals surface area contributed by atoms with Crippen LogP contribution < -0.4 is 11.1 Å². The smallest absolute Gasteiger partial charge is 0.259 e. The number of carbonyl (C=O) groups is 2. The summed E-state index contributed by atoms with van der Waals surface area (Å²) in [5.74, 6) is -0.198. The van der Waals surface area contributed by atoms with E-state index < -0.39 is 0 Å². The number of pyridine rings is 1. The second-order valence-corrected chi connectivity index (χ2v) is 7.37. The van der Waals surface area contributed by atoms with Crippen LogP contribution in [0, 0.1) is 12.8 Å². The third-order valence-corrected chi connectivity index (χ3v) is 4.98. The van der Waals surface area contributed by atoms with Crippen molar-refractivity contribution in [3.05, 3.63) is 23.0 Å². The minimum atomic E-state index is -0.209. The van der Waals surface area contributed by atoms with Crippen LogP contribution in [0.15, 0.2) is 10.6 Å². The summed E-state index contributed by atoms with van der Waals surface area (Å²) in [4.78, 5) is 31.8. The van der Waals surface area contributed by atoms with Gasteiger partial charge in [-0.25, -0.2) is 4.98 Å². The molecule has 1 atom stereocenters. The highest BCUT2D eigenvalue weighted by atomic mass is 16.5. The molecule has 1 aliphatic heterocycles. The van der Waals surface area contributed by atoms with Crippen molar-refractivity contribution in [2.45, 2.75) is 39.5 Å². The van der Waals surface area contributed by atoms with Gasteiger partial charge >= 0.3 is 0 Å². The van der Waals surface area contributed by atoms with Gasteiger partial charge < -0.3 is 20.5 Å². The number of hydrogen-bond donors (Lipinski definition) is 2. The topological polar surface area (TPSA) is 114 Å². The van der Waals surface area contributed by atoms with Gasteiger partial charge in [0.25, 0.3) is 11.6 Å². The van der Waals surface area contributed by atoms with E-state index in [9.17, 15) is 9.59 Å². The van der Waals surface area contributed by atoms with E-state index in [0.717, 1.165) is 18.5 Å². The highest BCUT2D eigenvalue weighted by Crippen LogP contribution is 2.27. The Bertz CT molecular complexity index is 845. The van der Waals surface area contributed by atoms with Gasteiger partial charge in [0.05, 0.1) is 22.6 Å². The minimum absolute atomic E-state index is 0.0400. The molecule has 2 amide bonds. The molecule has 3 rings (SSSR count). The SMILES string of the molecule is Cc1noc2nc(C(C)C)cc(C(=O)N3CCCC(C(=O)NCCN)C3)c12. The molecule has 0 spiro atoms. The maximum absolute atomic E-state index is 13.3. The molecule has 0 bridgehead atoms. The fraction of sp³-hybridized carbons (Fsp3) is 0.579. The van der Waals surface area contributed by atoms with Gasteiger partial charge in [0.1, 0.15) is 0 Å². The first-order chi connectivity index (χ1) is 12.9. The Balaban J connectivity index is 1.88. The van der Waals surface area contributed by atoms with Crippen molar-refractivity contribution in [3.8, 4) is 0 Å². The first-order valence-corrected chi connectivity index (χ1v) is 9.46. The second-order valence-electron chi connectivity index (χ2n) is 7.37. The molecule has 1 unspecified atom stereocenters. The molecular weight excluding hydrogens is 346 g/mol. The first-order valence-electron chi connectivity index (χ1n) is 9.46. The molecular formula is C19H27N5O3. The summed E-state index contributed by atoms with van der Waals surface area (Å²) in [6, 6.07) is 1.83. The number of amides is 2. The highest BCUT2D eigenvalue weighted by molar-refractivity contribution is 6.06. The molecule has 2 aromatic heterocycles. The average molecular weight is 373 g/mol. The summed E-state index contributed by atoms with van der Waals surface area (Å²) in [5.41, 5.74) is 7.82. The van der Waals surface area contributed by atoms with Crippen molar-refractivity contribution in [2.75, 3.05) is 26.2 Å². The molecule has 8 heteroatoms. The fourth-order valence-electron chi connectivity index (χ4n) is 3.46. The normalized spacial score (nSPS) is 17.5. The van der Waals surface area contributed by atoms with Crippen LogP contribution >= 0.6 is 0 Å². The maximum atomic E-state index is 13.3. The number of nitrogens with two attached hydrogens (primary N) is 1. The zero-order valence-electron chi connectivity index (χ0n) is 16.1. The average Bonchev–Trinajstić information content (AvgIpc) is 3.05. The van der Waals surface area contributed by atoms with Crippen LogP contribution in [0.2, 0.25) is 0 Å². The van der Waals surface area contributed by atoms with Crippen molar-refractivity contribution >= 4 is 22.9 Å². The quantitative estimate of drug-likeness (QED) is 0.822. The highest BCUT2D eigenvalue weighted by Gasteiger charge is 2.30. The third kappa shape index (κ3) is 3.95. The molecule has 0 aromatic carbocycles. The van der Waals surface area contributed by atoms with E-state index in [4.69, 9.17) is 10.3 Å². The zero-order chi connectivity index (χ0) is 19.6. The van der Waals surface area contributed by atoms with E-state index >= 15 is 0 Å². The second kappa shape index (κ2) is 8.04. The van der Waals surface area contributed by atoms with Crippen LogP contribution in [0.3, 0.4) is 0 Å². The van der Waals surface area contributed by atoms with E-state index in [1.165, 1.54) is 0 Å².